The lowest BCUT2D eigenvalue weighted by atomic mass is 9.97. The van der Waals surface area contributed by atoms with Crippen LogP contribution in [0.25, 0.3) is 0 Å². The predicted molar refractivity (Wildman–Crippen MR) is 106 cm³/mol. The van der Waals surface area contributed by atoms with Crippen molar-refractivity contribution < 1.29 is 26.4 Å². The average molecular weight is 461 g/mol. The molecule has 0 aliphatic carbocycles. The fraction of sp³-hybridized carbons (Fsp3) is 0.350. The van der Waals surface area contributed by atoms with Crippen LogP contribution >= 0.6 is 11.6 Å². The number of rotatable bonds is 5. The zero-order valence-corrected chi connectivity index (χ0v) is 17.4. The molecule has 0 spiro atoms. The first-order valence-corrected chi connectivity index (χ1v) is 11.1. The lowest BCUT2D eigenvalue weighted by Crippen LogP contribution is -2.42. The van der Waals surface area contributed by atoms with Crippen molar-refractivity contribution in [2.75, 3.05) is 13.1 Å². The first-order valence-electron chi connectivity index (χ1n) is 9.27. The summed E-state index contributed by atoms with van der Waals surface area (Å²) in [5.41, 5.74) is -0.189. The van der Waals surface area contributed by atoms with Crippen LogP contribution in [0.5, 0.6) is 0 Å². The summed E-state index contributed by atoms with van der Waals surface area (Å²) in [6, 6.07) is 10.5. The first-order chi connectivity index (χ1) is 14.1. The number of nitrogens with one attached hydrogen (secondary N) is 1. The number of halogens is 4. The maximum atomic E-state index is 12.7. The monoisotopic (exact) mass is 460 g/mol. The molecule has 0 bridgehead atoms. The topological polar surface area (TPSA) is 66.5 Å². The van der Waals surface area contributed by atoms with Crippen LogP contribution in [0, 0.1) is 5.92 Å². The van der Waals surface area contributed by atoms with Crippen molar-refractivity contribution in [3.63, 3.8) is 0 Å². The molecule has 0 atom stereocenters. The van der Waals surface area contributed by atoms with Gasteiger partial charge in [0.15, 0.2) is 0 Å². The molecular weight excluding hydrogens is 441 g/mol. The minimum absolute atomic E-state index is 0.111. The third-order valence-electron chi connectivity index (χ3n) is 5.02. The number of sulfonamides is 1. The molecule has 3 rings (SSSR count). The number of hydrogen-bond acceptors (Lipinski definition) is 3. The van der Waals surface area contributed by atoms with E-state index in [1.807, 2.05) is 0 Å². The number of benzene rings is 2. The zero-order valence-electron chi connectivity index (χ0n) is 15.8. The number of carbonyl (C=O) groups excluding carboxylic acids is 1. The van der Waals surface area contributed by atoms with Crippen molar-refractivity contribution in [1.29, 1.82) is 0 Å². The minimum Gasteiger partial charge on any atom is -0.352 e. The summed E-state index contributed by atoms with van der Waals surface area (Å²) in [7, 11) is -3.65. The summed E-state index contributed by atoms with van der Waals surface area (Å²) in [5, 5.41) is 3.16. The van der Waals surface area contributed by atoms with Gasteiger partial charge in [-0.15, -0.1) is 0 Å². The van der Waals surface area contributed by atoms with E-state index in [4.69, 9.17) is 11.6 Å². The lowest BCUT2D eigenvalue weighted by molar-refractivity contribution is -0.137. The maximum absolute atomic E-state index is 12.7. The molecule has 1 aliphatic heterocycles. The Labute approximate surface area is 177 Å². The third kappa shape index (κ3) is 5.33. The van der Waals surface area contributed by atoms with Crippen molar-refractivity contribution in [2.45, 2.75) is 30.5 Å². The van der Waals surface area contributed by atoms with Crippen molar-refractivity contribution in [2.24, 2.45) is 5.92 Å². The molecule has 1 amide bonds. The smallest absolute Gasteiger partial charge is 0.352 e. The Morgan fingerprint density at radius 3 is 2.13 bits per heavy atom. The number of alkyl halides is 3. The second kappa shape index (κ2) is 8.95. The highest BCUT2D eigenvalue weighted by Crippen LogP contribution is 2.29. The Hall–Kier alpha value is -2.10. The number of piperidine rings is 1. The number of nitrogens with zero attached hydrogens (tertiary/aromatic N) is 1. The second-order valence-corrected chi connectivity index (χ2v) is 9.42. The van der Waals surface area contributed by atoms with Gasteiger partial charge in [0.1, 0.15) is 0 Å². The molecule has 162 valence electrons. The van der Waals surface area contributed by atoms with Gasteiger partial charge in [0.25, 0.3) is 0 Å². The molecule has 2 aromatic carbocycles. The molecule has 1 fully saturated rings. The van der Waals surface area contributed by atoms with Gasteiger partial charge in [0.05, 0.1) is 10.5 Å². The van der Waals surface area contributed by atoms with E-state index >= 15 is 0 Å². The molecule has 1 heterocycles. The molecule has 30 heavy (non-hydrogen) atoms. The van der Waals surface area contributed by atoms with E-state index < -0.39 is 21.8 Å². The van der Waals surface area contributed by atoms with Gasteiger partial charge in [0, 0.05) is 30.6 Å². The van der Waals surface area contributed by atoms with Crippen LogP contribution in [-0.4, -0.2) is 31.7 Å². The normalized spacial score (nSPS) is 16.4. The van der Waals surface area contributed by atoms with Gasteiger partial charge >= 0.3 is 6.18 Å². The van der Waals surface area contributed by atoms with Crippen molar-refractivity contribution in [3.8, 4) is 0 Å². The lowest BCUT2D eigenvalue weighted by Gasteiger charge is -2.30. The highest BCUT2D eigenvalue weighted by atomic mass is 35.5. The summed E-state index contributed by atoms with van der Waals surface area (Å²) < 4.78 is 64.5. The van der Waals surface area contributed by atoms with Gasteiger partial charge in [-0.05, 0) is 54.8 Å². The molecule has 2 aromatic rings. The van der Waals surface area contributed by atoms with Gasteiger partial charge < -0.3 is 5.32 Å². The average Bonchev–Trinajstić information content (AvgIpc) is 2.72. The third-order valence-corrected chi connectivity index (χ3v) is 7.19. The fourth-order valence-electron chi connectivity index (χ4n) is 3.26. The van der Waals surface area contributed by atoms with Gasteiger partial charge in [-0.25, -0.2) is 8.42 Å². The molecule has 1 saturated heterocycles. The van der Waals surface area contributed by atoms with E-state index in [-0.39, 0.29) is 36.4 Å². The summed E-state index contributed by atoms with van der Waals surface area (Å²) in [6.07, 6.45) is -3.67. The molecule has 1 N–H and O–H groups in total. The highest BCUT2D eigenvalue weighted by Gasteiger charge is 2.32. The number of amides is 1. The van der Waals surface area contributed by atoms with E-state index in [0.717, 1.165) is 12.1 Å². The largest absolute Gasteiger partial charge is 0.416 e. The van der Waals surface area contributed by atoms with Crippen LogP contribution in [0.15, 0.2) is 53.4 Å². The van der Waals surface area contributed by atoms with E-state index in [0.29, 0.717) is 23.4 Å². The standard InChI is InChI=1S/C20H20ClF3N2O3S/c21-17-5-7-18(8-6-17)30(28,29)26-11-9-15(10-12-26)19(27)25-13-14-1-3-16(4-2-14)20(22,23)24/h1-8,15H,9-13H2,(H,25,27). The summed E-state index contributed by atoms with van der Waals surface area (Å²) >= 11 is 5.80. The molecular formula is C20H20ClF3N2O3S. The Morgan fingerprint density at radius 1 is 1.03 bits per heavy atom. The molecule has 0 unspecified atom stereocenters. The van der Waals surface area contributed by atoms with Gasteiger partial charge in [-0.1, -0.05) is 23.7 Å². The quantitative estimate of drug-likeness (QED) is 0.731. The maximum Gasteiger partial charge on any atom is 0.416 e. The van der Waals surface area contributed by atoms with Crippen LogP contribution < -0.4 is 5.32 Å². The molecule has 10 heteroatoms. The second-order valence-electron chi connectivity index (χ2n) is 7.04. The minimum atomic E-state index is -4.40. The summed E-state index contributed by atoms with van der Waals surface area (Å²) in [5.74, 6) is -0.588. The van der Waals surface area contributed by atoms with Crippen LogP contribution in [0.2, 0.25) is 5.02 Å². The van der Waals surface area contributed by atoms with E-state index in [1.165, 1.54) is 40.7 Å². The molecule has 0 saturated carbocycles. The summed E-state index contributed by atoms with van der Waals surface area (Å²) in [4.78, 5) is 12.5. The van der Waals surface area contributed by atoms with Crippen LogP contribution in [0.3, 0.4) is 0 Å². The van der Waals surface area contributed by atoms with Crippen LogP contribution in [0.4, 0.5) is 13.2 Å². The molecule has 0 aromatic heterocycles. The van der Waals surface area contributed by atoms with Gasteiger partial charge in [-0.2, -0.15) is 17.5 Å². The van der Waals surface area contributed by atoms with Gasteiger partial charge in [0.2, 0.25) is 15.9 Å². The Bertz CT molecular complexity index is 985. The predicted octanol–water partition coefficient (Wildman–Crippen LogP) is 4.08. The Morgan fingerprint density at radius 2 is 1.60 bits per heavy atom. The number of carbonyl (C=O) groups is 1. The highest BCUT2D eigenvalue weighted by molar-refractivity contribution is 7.89. The molecule has 1 aliphatic rings. The molecule has 5 nitrogen and oxygen atoms in total. The SMILES string of the molecule is O=C(NCc1ccc(C(F)(F)F)cc1)C1CCN(S(=O)(=O)c2ccc(Cl)cc2)CC1. The first kappa shape index (κ1) is 22.6. The Balaban J connectivity index is 1.52. The summed E-state index contributed by atoms with van der Waals surface area (Å²) in [6.45, 7) is 0.535. The van der Waals surface area contributed by atoms with Crippen molar-refractivity contribution in [3.05, 3.63) is 64.7 Å². The van der Waals surface area contributed by atoms with E-state index in [9.17, 15) is 26.4 Å². The molecule has 0 radical (unpaired) electrons. The van der Waals surface area contributed by atoms with Crippen molar-refractivity contribution >= 4 is 27.5 Å². The van der Waals surface area contributed by atoms with Crippen LogP contribution in [-0.2, 0) is 27.5 Å². The van der Waals surface area contributed by atoms with E-state index in [2.05, 4.69) is 5.32 Å². The Kier molecular flexibility index (Phi) is 6.74. The van der Waals surface area contributed by atoms with Crippen LogP contribution in [0.1, 0.15) is 24.0 Å². The van der Waals surface area contributed by atoms with Gasteiger partial charge in [-0.3, -0.25) is 4.79 Å². The zero-order chi connectivity index (χ0) is 21.9. The van der Waals surface area contributed by atoms with Crippen molar-refractivity contribution in [1.82, 2.24) is 9.62 Å². The fourth-order valence-corrected chi connectivity index (χ4v) is 4.85. The van der Waals surface area contributed by atoms with E-state index in [1.54, 1.807) is 0 Å². The number of hydrogen-bond donors (Lipinski definition) is 1.